The van der Waals surface area contributed by atoms with Crippen LogP contribution in [0.25, 0.3) is 0 Å². The zero-order valence-corrected chi connectivity index (χ0v) is 14.0. The molecule has 0 aromatic heterocycles. The van der Waals surface area contributed by atoms with Crippen molar-refractivity contribution in [2.24, 2.45) is 0 Å². The third-order valence-electron chi connectivity index (χ3n) is 4.10. The molecule has 0 aromatic carbocycles. The second-order valence-electron chi connectivity index (χ2n) is 3.86. The molecule has 0 unspecified atom stereocenters. The van der Waals surface area contributed by atoms with Gasteiger partial charge in [-0.3, -0.25) is 0 Å². The van der Waals surface area contributed by atoms with E-state index in [4.69, 9.17) is 45.0 Å². The summed E-state index contributed by atoms with van der Waals surface area (Å²) in [4.78, 5) is 0. The Bertz CT molecular complexity index is 184. The molecular weight excluding hydrogens is 300 g/mol. The first-order chi connectivity index (χ1) is 6.08. The van der Waals surface area contributed by atoms with Gasteiger partial charge < -0.3 is 0 Å². The van der Waals surface area contributed by atoms with Crippen molar-refractivity contribution in [3.8, 4) is 0 Å². The van der Waals surface area contributed by atoms with Crippen LogP contribution in [0.5, 0.6) is 0 Å². The molecule has 0 aliphatic carbocycles. The molecule has 0 nitrogen and oxygen atoms in total. The molecule has 0 radical (unpaired) electrons. The summed E-state index contributed by atoms with van der Waals surface area (Å²) >= 11 is 25.4. The predicted octanol–water partition coefficient (Wildman–Crippen LogP) is 6.70. The number of rotatable bonds is 5. The van der Waals surface area contributed by atoms with E-state index in [1.54, 1.807) is 0 Å². The second kappa shape index (κ2) is 4.36. The minimum atomic E-state index is -3.54. The molecule has 0 aliphatic heterocycles. The third-order valence-corrected chi connectivity index (χ3v) is 36.2. The van der Waals surface area contributed by atoms with Gasteiger partial charge >= 0.3 is 107 Å². The molecule has 0 heterocycles. The molecule has 0 bridgehead atoms. The summed E-state index contributed by atoms with van der Waals surface area (Å²) in [5.41, 5.74) is 0. The van der Waals surface area contributed by atoms with Crippen molar-refractivity contribution in [1.29, 1.82) is 0 Å². The quantitative estimate of drug-likeness (QED) is 0.494. The SMILES string of the molecule is CCP(CC)(CC)(CC)P(Cl)(Cl)(Cl)Cl. The van der Waals surface area contributed by atoms with Crippen LogP contribution >= 0.6 is 55.0 Å². The molecule has 0 aromatic rings. The van der Waals surface area contributed by atoms with Gasteiger partial charge in [0.1, 0.15) is 0 Å². The summed E-state index contributed by atoms with van der Waals surface area (Å²) in [5.74, 6) is 0. The van der Waals surface area contributed by atoms with Crippen LogP contribution in [-0.4, -0.2) is 24.6 Å². The fraction of sp³-hybridized carbons (Fsp3) is 1.00. The normalized spacial score (nSPS) is 19.4. The topological polar surface area (TPSA) is 0 Å². The van der Waals surface area contributed by atoms with Gasteiger partial charge in [-0.2, -0.15) is 0 Å². The van der Waals surface area contributed by atoms with Gasteiger partial charge in [0, 0.05) is 0 Å². The molecule has 0 saturated heterocycles. The van der Waals surface area contributed by atoms with E-state index in [2.05, 4.69) is 27.7 Å². The average Bonchev–Trinajstić information content (AvgIpc) is 2.07. The van der Waals surface area contributed by atoms with Crippen LogP contribution in [0.3, 0.4) is 0 Å². The van der Waals surface area contributed by atoms with E-state index in [1.807, 2.05) is 0 Å². The van der Waals surface area contributed by atoms with Crippen LogP contribution in [0.15, 0.2) is 0 Å². The fourth-order valence-electron chi connectivity index (χ4n) is 2.20. The van der Waals surface area contributed by atoms with E-state index >= 15 is 0 Å². The molecule has 0 amide bonds. The van der Waals surface area contributed by atoms with Crippen molar-refractivity contribution < 1.29 is 0 Å². The van der Waals surface area contributed by atoms with E-state index in [-0.39, 0.29) is 0 Å². The van der Waals surface area contributed by atoms with Crippen molar-refractivity contribution in [3.05, 3.63) is 0 Å². The van der Waals surface area contributed by atoms with Crippen molar-refractivity contribution in [3.63, 3.8) is 0 Å². The van der Waals surface area contributed by atoms with Crippen molar-refractivity contribution in [2.45, 2.75) is 27.7 Å². The Morgan fingerprint density at radius 2 is 0.857 bits per heavy atom. The zero-order valence-electron chi connectivity index (χ0n) is 9.23. The van der Waals surface area contributed by atoms with Gasteiger partial charge in [-0.1, -0.05) is 0 Å². The maximum absolute atomic E-state index is 6.35. The molecule has 0 atom stereocenters. The van der Waals surface area contributed by atoms with Gasteiger partial charge in [-0.25, -0.2) is 0 Å². The van der Waals surface area contributed by atoms with Crippen LogP contribution < -0.4 is 0 Å². The van der Waals surface area contributed by atoms with Crippen LogP contribution in [0.4, 0.5) is 0 Å². The standard InChI is InChI=1S/C8H20Cl4P2/c1-5-13(6-2,7-3,8-4)14(9,10,11)12/h5-8H2,1-4H3. The molecule has 0 aliphatic rings. The predicted molar refractivity (Wildman–Crippen MR) is 79.4 cm³/mol. The Morgan fingerprint density at radius 3 is 0.857 bits per heavy atom. The van der Waals surface area contributed by atoms with Crippen molar-refractivity contribution in [2.75, 3.05) is 24.6 Å². The van der Waals surface area contributed by atoms with E-state index in [9.17, 15) is 0 Å². The first-order valence-corrected chi connectivity index (χ1v) is 14.5. The van der Waals surface area contributed by atoms with E-state index in [0.717, 1.165) is 24.6 Å². The first-order valence-electron chi connectivity index (χ1n) is 4.97. The zero-order chi connectivity index (χ0) is 11.7. The summed E-state index contributed by atoms with van der Waals surface area (Å²) in [6.45, 7) is 8.47. The van der Waals surface area contributed by atoms with Gasteiger partial charge in [-0.05, 0) is 0 Å². The Morgan fingerprint density at radius 1 is 0.643 bits per heavy atom. The Kier molecular flexibility index (Phi) is 4.99. The Labute approximate surface area is 107 Å². The van der Waals surface area contributed by atoms with Crippen molar-refractivity contribution >= 4 is 55.0 Å². The number of hydrogen-bond acceptors (Lipinski definition) is 0. The first kappa shape index (κ1) is 16.0. The Balaban J connectivity index is 5.74. The number of hydrogen-bond donors (Lipinski definition) is 0. The molecule has 0 rings (SSSR count). The number of halogens is 4. The van der Waals surface area contributed by atoms with E-state index < -0.39 is 9.99 Å². The van der Waals surface area contributed by atoms with Gasteiger partial charge in [0.15, 0.2) is 0 Å². The minimum absolute atomic E-state index is 0.937. The Hall–Kier alpha value is 2.02. The molecule has 0 saturated carbocycles. The van der Waals surface area contributed by atoms with Crippen LogP contribution in [-0.2, 0) is 0 Å². The van der Waals surface area contributed by atoms with E-state index in [1.165, 1.54) is 0 Å². The molecule has 90 valence electrons. The van der Waals surface area contributed by atoms with Gasteiger partial charge in [0.2, 0.25) is 0 Å². The van der Waals surface area contributed by atoms with Crippen LogP contribution in [0.1, 0.15) is 27.7 Å². The molecule has 0 spiro atoms. The molecular formula is C8H20Cl4P2. The van der Waals surface area contributed by atoms with Gasteiger partial charge in [0.05, 0.1) is 0 Å². The molecule has 0 fully saturated rings. The maximum atomic E-state index is 6.35. The third kappa shape index (κ3) is 2.05. The monoisotopic (exact) mass is 318 g/mol. The summed E-state index contributed by atoms with van der Waals surface area (Å²) in [7, 11) is 0. The molecule has 6 heteroatoms. The van der Waals surface area contributed by atoms with E-state index in [0.29, 0.717) is 0 Å². The molecule has 14 heavy (non-hydrogen) atoms. The van der Waals surface area contributed by atoms with Gasteiger partial charge in [0.25, 0.3) is 0 Å². The van der Waals surface area contributed by atoms with Crippen molar-refractivity contribution in [1.82, 2.24) is 0 Å². The molecule has 0 N–H and O–H groups in total. The summed E-state index contributed by atoms with van der Waals surface area (Å²) in [6, 6.07) is 0. The summed E-state index contributed by atoms with van der Waals surface area (Å²) < 4.78 is -3.54. The fourth-order valence-corrected chi connectivity index (χ4v) is 27.1. The van der Waals surface area contributed by atoms with Gasteiger partial charge in [-0.15, -0.1) is 0 Å². The second-order valence-corrected chi connectivity index (χ2v) is 31.4. The van der Waals surface area contributed by atoms with Crippen LogP contribution in [0.2, 0.25) is 0 Å². The average molecular weight is 320 g/mol. The summed E-state index contributed by atoms with van der Waals surface area (Å²) in [6.07, 6.45) is 1.40. The summed E-state index contributed by atoms with van der Waals surface area (Å²) in [5, 5.41) is 0. The van der Waals surface area contributed by atoms with Crippen LogP contribution in [0, 0.1) is 0 Å².